The van der Waals surface area contributed by atoms with E-state index in [2.05, 4.69) is 20.7 Å². The summed E-state index contributed by atoms with van der Waals surface area (Å²) in [6.45, 7) is 0.975. The van der Waals surface area contributed by atoms with Crippen molar-refractivity contribution in [2.24, 2.45) is 0 Å². The lowest BCUT2D eigenvalue weighted by Crippen LogP contribution is -2.14. The van der Waals surface area contributed by atoms with E-state index in [9.17, 15) is 4.39 Å². The fourth-order valence-corrected chi connectivity index (χ4v) is 2.16. The topological polar surface area (TPSA) is 53.6 Å². The summed E-state index contributed by atoms with van der Waals surface area (Å²) in [5, 5.41) is 14.2. The highest BCUT2D eigenvalue weighted by Crippen LogP contribution is 2.18. The van der Waals surface area contributed by atoms with Crippen LogP contribution in [-0.2, 0) is 13.1 Å². The summed E-state index contributed by atoms with van der Waals surface area (Å²) in [7, 11) is 0. The molecule has 0 bridgehead atoms. The van der Waals surface area contributed by atoms with Crippen LogP contribution in [0.3, 0.4) is 0 Å². The van der Waals surface area contributed by atoms with Gasteiger partial charge in [-0.25, -0.2) is 4.39 Å². The summed E-state index contributed by atoms with van der Waals surface area (Å²) < 4.78 is 13.5. The lowest BCUT2D eigenvalue weighted by molar-refractivity contribution is 0.586. The Balaban J connectivity index is 1.67. The molecule has 0 amide bonds. The highest BCUT2D eigenvalue weighted by atomic mass is 19.1. The first kappa shape index (κ1) is 13.5. The smallest absolute Gasteiger partial charge is 0.127 e. The molecule has 0 aliphatic heterocycles. The van der Waals surface area contributed by atoms with Gasteiger partial charge in [-0.2, -0.15) is 15.4 Å². The molecule has 1 heterocycles. The van der Waals surface area contributed by atoms with Gasteiger partial charge in [0, 0.05) is 24.2 Å². The number of aromatic nitrogens is 3. The van der Waals surface area contributed by atoms with Crippen molar-refractivity contribution in [3.63, 3.8) is 0 Å². The zero-order valence-electron chi connectivity index (χ0n) is 11.4. The summed E-state index contributed by atoms with van der Waals surface area (Å²) in [5.41, 5.74) is 3.28. The molecule has 2 aromatic carbocycles. The van der Waals surface area contributed by atoms with Crippen LogP contribution in [0.4, 0.5) is 4.39 Å². The van der Waals surface area contributed by atoms with Crippen molar-refractivity contribution in [3.8, 4) is 11.3 Å². The largest absolute Gasteiger partial charge is 0.307 e. The van der Waals surface area contributed by atoms with Crippen LogP contribution in [0.15, 0.2) is 54.6 Å². The molecule has 0 radical (unpaired) electrons. The Kier molecular flexibility index (Phi) is 4.02. The molecule has 0 atom stereocenters. The summed E-state index contributed by atoms with van der Waals surface area (Å²) in [6.07, 6.45) is 0. The van der Waals surface area contributed by atoms with Gasteiger partial charge in [0.2, 0.25) is 0 Å². The van der Waals surface area contributed by atoms with Gasteiger partial charge >= 0.3 is 0 Å². The number of hydrogen-bond donors (Lipinski definition) is 2. The second-order valence-corrected chi connectivity index (χ2v) is 4.68. The van der Waals surface area contributed by atoms with Crippen LogP contribution < -0.4 is 5.32 Å². The van der Waals surface area contributed by atoms with Gasteiger partial charge < -0.3 is 5.32 Å². The third kappa shape index (κ3) is 3.14. The molecule has 2 N–H and O–H groups in total. The number of nitrogens with one attached hydrogen (secondary N) is 2. The maximum atomic E-state index is 13.5. The second kappa shape index (κ2) is 6.28. The molecular weight excluding hydrogens is 267 g/mol. The number of hydrogen-bond acceptors (Lipinski definition) is 3. The van der Waals surface area contributed by atoms with Crippen molar-refractivity contribution in [3.05, 3.63) is 71.7 Å². The van der Waals surface area contributed by atoms with Crippen LogP contribution in [-0.4, -0.2) is 15.4 Å². The molecule has 0 saturated heterocycles. The zero-order chi connectivity index (χ0) is 14.5. The lowest BCUT2D eigenvalue weighted by Gasteiger charge is -2.05. The van der Waals surface area contributed by atoms with Gasteiger partial charge in [0.1, 0.15) is 17.2 Å². The molecule has 1 aromatic heterocycles. The summed E-state index contributed by atoms with van der Waals surface area (Å²) in [5.74, 6) is -0.201. The van der Waals surface area contributed by atoms with Gasteiger partial charge in [-0.15, -0.1) is 0 Å². The quantitative estimate of drug-likeness (QED) is 0.756. The Morgan fingerprint density at radius 1 is 0.905 bits per heavy atom. The predicted molar refractivity (Wildman–Crippen MR) is 78.8 cm³/mol. The van der Waals surface area contributed by atoms with Crippen LogP contribution in [0.2, 0.25) is 0 Å². The van der Waals surface area contributed by atoms with Crippen LogP contribution in [0.1, 0.15) is 11.3 Å². The molecule has 0 saturated carbocycles. The van der Waals surface area contributed by atoms with E-state index in [1.165, 1.54) is 6.07 Å². The van der Waals surface area contributed by atoms with Crippen molar-refractivity contribution in [2.45, 2.75) is 13.1 Å². The Labute approximate surface area is 122 Å². The Bertz CT molecular complexity index is 709. The minimum atomic E-state index is -0.201. The van der Waals surface area contributed by atoms with Crippen LogP contribution in [0.5, 0.6) is 0 Å². The Morgan fingerprint density at radius 3 is 2.48 bits per heavy atom. The number of halogens is 1. The van der Waals surface area contributed by atoms with Gasteiger partial charge in [-0.3, -0.25) is 0 Å². The summed E-state index contributed by atoms with van der Waals surface area (Å²) in [4.78, 5) is 0. The first-order valence-electron chi connectivity index (χ1n) is 6.74. The van der Waals surface area contributed by atoms with E-state index in [1.807, 2.05) is 36.4 Å². The zero-order valence-corrected chi connectivity index (χ0v) is 11.4. The van der Waals surface area contributed by atoms with Gasteiger partial charge in [-0.1, -0.05) is 48.5 Å². The molecule has 0 aliphatic carbocycles. The fraction of sp³-hybridized carbons (Fsp3) is 0.125. The van der Waals surface area contributed by atoms with E-state index in [0.29, 0.717) is 18.7 Å². The minimum Gasteiger partial charge on any atom is -0.307 e. The van der Waals surface area contributed by atoms with Crippen LogP contribution >= 0.6 is 0 Å². The molecule has 21 heavy (non-hydrogen) atoms. The molecular formula is C16H15FN4. The second-order valence-electron chi connectivity index (χ2n) is 4.68. The molecule has 5 heteroatoms. The SMILES string of the molecule is Fc1ccccc1CNCc1n[nH]nc1-c1ccccc1. The fourth-order valence-electron chi connectivity index (χ4n) is 2.16. The van der Waals surface area contributed by atoms with E-state index in [4.69, 9.17) is 0 Å². The number of nitrogens with zero attached hydrogens (tertiary/aromatic N) is 2. The van der Waals surface area contributed by atoms with Gasteiger partial charge in [-0.05, 0) is 6.07 Å². The van der Waals surface area contributed by atoms with Crippen molar-refractivity contribution in [1.29, 1.82) is 0 Å². The van der Waals surface area contributed by atoms with Gasteiger partial charge in [0.15, 0.2) is 0 Å². The van der Waals surface area contributed by atoms with Gasteiger partial charge in [0.25, 0.3) is 0 Å². The molecule has 4 nitrogen and oxygen atoms in total. The van der Waals surface area contributed by atoms with Crippen molar-refractivity contribution >= 4 is 0 Å². The summed E-state index contributed by atoms with van der Waals surface area (Å²) >= 11 is 0. The number of aromatic amines is 1. The maximum absolute atomic E-state index is 13.5. The van der Waals surface area contributed by atoms with Crippen LogP contribution in [0.25, 0.3) is 11.3 Å². The van der Waals surface area contributed by atoms with Crippen LogP contribution in [0, 0.1) is 5.82 Å². The standard InChI is InChI=1S/C16H15FN4/c17-14-9-5-4-8-13(14)10-18-11-15-16(20-21-19-15)12-6-2-1-3-7-12/h1-9,18H,10-11H2,(H,19,20,21). The lowest BCUT2D eigenvalue weighted by atomic mass is 10.1. The first-order chi connectivity index (χ1) is 10.3. The monoisotopic (exact) mass is 282 g/mol. The molecule has 3 rings (SSSR count). The molecule has 0 fully saturated rings. The Hall–Kier alpha value is -2.53. The third-order valence-electron chi connectivity index (χ3n) is 3.23. The van der Waals surface area contributed by atoms with Gasteiger partial charge in [0.05, 0.1) is 0 Å². The normalized spacial score (nSPS) is 10.7. The third-order valence-corrected chi connectivity index (χ3v) is 3.23. The van der Waals surface area contributed by atoms with E-state index in [0.717, 1.165) is 17.0 Å². The van der Waals surface area contributed by atoms with Crippen molar-refractivity contribution < 1.29 is 4.39 Å². The number of rotatable bonds is 5. The van der Waals surface area contributed by atoms with E-state index in [-0.39, 0.29) is 5.82 Å². The van der Waals surface area contributed by atoms with Crippen molar-refractivity contribution in [2.75, 3.05) is 0 Å². The van der Waals surface area contributed by atoms with E-state index in [1.54, 1.807) is 12.1 Å². The average molecular weight is 282 g/mol. The number of H-pyrrole nitrogens is 1. The Morgan fingerprint density at radius 2 is 1.67 bits per heavy atom. The predicted octanol–water partition coefficient (Wildman–Crippen LogP) is 2.90. The minimum absolute atomic E-state index is 0.201. The highest BCUT2D eigenvalue weighted by molar-refractivity contribution is 5.60. The first-order valence-corrected chi connectivity index (χ1v) is 6.74. The molecule has 0 unspecified atom stereocenters. The average Bonchev–Trinajstić information content (AvgIpc) is 2.99. The molecule has 106 valence electrons. The highest BCUT2D eigenvalue weighted by Gasteiger charge is 2.09. The van der Waals surface area contributed by atoms with Crippen molar-refractivity contribution in [1.82, 2.24) is 20.7 Å². The van der Waals surface area contributed by atoms with E-state index >= 15 is 0 Å². The van der Waals surface area contributed by atoms with E-state index < -0.39 is 0 Å². The summed E-state index contributed by atoms with van der Waals surface area (Å²) in [6, 6.07) is 16.6. The molecule has 0 aliphatic rings. The molecule has 0 spiro atoms. The number of benzene rings is 2. The maximum Gasteiger partial charge on any atom is 0.127 e. The molecule has 3 aromatic rings.